The molecule has 0 aromatic heterocycles. The standard InChI is InChI=1S/C26H36FN3/c1-21(2)17-29-15-16-30(20-29)18-22-9-11-23(12-10-22)25-8-6-7-24(26(25)27)19-28-13-4-3-5-14-28/h6-12,21H,3-5,13-20H2,1-2H3. The number of rotatable bonds is 7. The Hall–Kier alpha value is -1.75. The normalized spacial score (nSPS) is 19.1. The lowest BCUT2D eigenvalue weighted by Gasteiger charge is -2.26. The van der Waals surface area contributed by atoms with Gasteiger partial charge in [-0.3, -0.25) is 14.7 Å². The Morgan fingerprint density at radius 1 is 0.800 bits per heavy atom. The van der Waals surface area contributed by atoms with Crippen LogP contribution in [0.1, 0.15) is 44.2 Å². The summed E-state index contributed by atoms with van der Waals surface area (Å²) in [5.74, 6) is 0.657. The maximum Gasteiger partial charge on any atom is 0.135 e. The van der Waals surface area contributed by atoms with Gasteiger partial charge in [0.1, 0.15) is 5.82 Å². The van der Waals surface area contributed by atoms with Crippen LogP contribution in [0.15, 0.2) is 42.5 Å². The molecule has 0 spiro atoms. The minimum absolute atomic E-state index is 0.0558. The predicted molar refractivity (Wildman–Crippen MR) is 123 cm³/mol. The number of hydrogen-bond acceptors (Lipinski definition) is 3. The quantitative estimate of drug-likeness (QED) is 0.622. The second-order valence-electron chi connectivity index (χ2n) is 9.48. The van der Waals surface area contributed by atoms with Gasteiger partial charge in [-0.1, -0.05) is 62.7 Å². The molecule has 0 saturated carbocycles. The van der Waals surface area contributed by atoms with Crippen molar-refractivity contribution in [1.82, 2.24) is 14.7 Å². The SMILES string of the molecule is CC(C)CN1CCN(Cc2ccc(-c3cccc(CN4CCCCC4)c3F)cc2)C1. The number of piperidine rings is 1. The van der Waals surface area contributed by atoms with Crippen molar-refractivity contribution in [3.63, 3.8) is 0 Å². The molecule has 2 saturated heterocycles. The van der Waals surface area contributed by atoms with E-state index in [4.69, 9.17) is 0 Å². The highest BCUT2D eigenvalue weighted by Gasteiger charge is 2.20. The second-order valence-corrected chi connectivity index (χ2v) is 9.48. The number of nitrogens with zero attached hydrogens (tertiary/aromatic N) is 3. The molecule has 0 N–H and O–H groups in total. The molecule has 4 rings (SSSR count). The Labute approximate surface area is 181 Å². The van der Waals surface area contributed by atoms with Crippen LogP contribution >= 0.6 is 0 Å². The summed E-state index contributed by atoms with van der Waals surface area (Å²) in [4.78, 5) is 7.41. The average Bonchev–Trinajstić information content (AvgIpc) is 3.17. The molecule has 0 amide bonds. The zero-order valence-corrected chi connectivity index (χ0v) is 18.6. The zero-order chi connectivity index (χ0) is 20.9. The van der Waals surface area contributed by atoms with Gasteiger partial charge >= 0.3 is 0 Å². The molecule has 0 bridgehead atoms. The third-order valence-corrected chi connectivity index (χ3v) is 6.35. The molecule has 30 heavy (non-hydrogen) atoms. The molecular weight excluding hydrogens is 373 g/mol. The van der Waals surface area contributed by atoms with Crippen LogP contribution in [0.2, 0.25) is 0 Å². The Morgan fingerprint density at radius 3 is 2.27 bits per heavy atom. The van der Waals surface area contributed by atoms with Crippen molar-refractivity contribution < 1.29 is 4.39 Å². The number of likely N-dealkylation sites (tertiary alicyclic amines) is 1. The van der Waals surface area contributed by atoms with Crippen molar-refractivity contribution in [1.29, 1.82) is 0 Å². The van der Waals surface area contributed by atoms with E-state index in [-0.39, 0.29) is 5.82 Å². The fourth-order valence-electron chi connectivity index (χ4n) is 4.83. The van der Waals surface area contributed by atoms with E-state index in [2.05, 4.69) is 52.8 Å². The fourth-order valence-corrected chi connectivity index (χ4v) is 4.83. The monoisotopic (exact) mass is 409 g/mol. The van der Waals surface area contributed by atoms with E-state index in [0.29, 0.717) is 5.92 Å². The Balaban J connectivity index is 1.40. The van der Waals surface area contributed by atoms with E-state index in [0.717, 1.165) is 62.6 Å². The predicted octanol–water partition coefficient (Wildman–Crippen LogP) is 5.21. The Kier molecular flexibility index (Phi) is 7.19. The lowest BCUT2D eigenvalue weighted by atomic mass is 10.00. The zero-order valence-electron chi connectivity index (χ0n) is 18.6. The summed E-state index contributed by atoms with van der Waals surface area (Å²) >= 11 is 0. The molecular formula is C26H36FN3. The lowest BCUT2D eigenvalue weighted by Crippen LogP contribution is -2.29. The number of halogens is 1. The first-order valence-corrected chi connectivity index (χ1v) is 11.6. The topological polar surface area (TPSA) is 9.72 Å². The van der Waals surface area contributed by atoms with Crippen LogP contribution in [-0.2, 0) is 13.1 Å². The van der Waals surface area contributed by atoms with Crippen LogP contribution in [0.25, 0.3) is 11.1 Å². The average molecular weight is 410 g/mol. The van der Waals surface area contributed by atoms with Gasteiger partial charge in [-0.2, -0.15) is 0 Å². The molecule has 0 aliphatic carbocycles. The van der Waals surface area contributed by atoms with Gasteiger partial charge in [0.15, 0.2) is 0 Å². The fraction of sp³-hybridized carbons (Fsp3) is 0.538. The highest BCUT2D eigenvalue weighted by Crippen LogP contribution is 2.27. The minimum Gasteiger partial charge on any atom is -0.299 e. The molecule has 3 nitrogen and oxygen atoms in total. The summed E-state index contributed by atoms with van der Waals surface area (Å²) in [6.45, 7) is 12.9. The highest BCUT2D eigenvalue weighted by atomic mass is 19.1. The van der Waals surface area contributed by atoms with Crippen molar-refractivity contribution in [2.24, 2.45) is 5.92 Å². The smallest absolute Gasteiger partial charge is 0.135 e. The van der Waals surface area contributed by atoms with Gasteiger partial charge < -0.3 is 0 Å². The van der Waals surface area contributed by atoms with E-state index in [1.807, 2.05) is 18.2 Å². The third-order valence-electron chi connectivity index (χ3n) is 6.35. The van der Waals surface area contributed by atoms with E-state index in [1.54, 1.807) is 0 Å². The minimum atomic E-state index is -0.0558. The van der Waals surface area contributed by atoms with Crippen molar-refractivity contribution in [3.05, 3.63) is 59.4 Å². The number of benzene rings is 2. The summed E-state index contributed by atoms with van der Waals surface area (Å²) in [6.07, 6.45) is 3.77. The molecule has 2 aromatic rings. The molecule has 2 aliphatic heterocycles. The van der Waals surface area contributed by atoms with E-state index < -0.39 is 0 Å². The largest absolute Gasteiger partial charge is 0.299 e. The van der Waals surface area contributed by atoms with Gasteiger partial charge in [-0.05, 0) is 43.0 Å². The molecule has 2 aliphatic rings. The van der Waals surface area contributed by atoms with Crippen LogP contribution in [0.4, 0.5) is 4.39 Å². The van der Waals surface area contributed by atoms with E-state index in [9.17, 15) is 0 Å². The van der Waals surface area contributed by atoms with Crippen LogP contribution < -0.4 is 0 Å². The van der Waals surface area contributed by atoms with E-state index in [1.165, 1.54) is 31.4 Å². The molecule has 162 valence electrons. The Bertz CT molecular complexity index is 812. The van der Waals surface area contributed by atoms with Crippen LogP contribution in [0.3, 0.4) is 0 Å². The van der Waals surface area contributed by atoms with Gasteiger partial charge in [-0.15, -0.1) is 0 Å². The summed E-state index contributed by atoms with van der Waals surface area (Å²) in [5.41, 5.74) is 3.82. The van der Waals surface area contributed by atoms with Crippen molar-refractivity contribution in [3.8, 4) is 11.1 Å². The first-order chi connectivity index (χ1) is 14.6. The second kappa shape index (κ2) is 10.0. The van der Waals surface area contributed by atoms with Crippen molar-refractivity contribution in [2.75, 3.05) is 39.4 Å². The highest BCUT2D eigenvalue weighted by molar-refractivity contribution is 5.65. The molecule has 2 heterocycles. The first kappa shape index (κ1) is 21.5. The first-order valence-electron chi connectivity index (χ1n) is 11.6. The van der Waals surface area contributed by atoms with Gasteiger partial charge in [0, 0.05) is 43.9 Å². The number of hydrogen-bond donors (Lipinski definition) is 0. The van der Waals surface area contributed by atoms with Gasteiger partial charge in [-0.25, -0.2) is 4.39 Å². The van der Waals surface area contributed by atoms with Crippen LogP contribution in [0, 0.1) is 11.7 Å². The molecule has 0 atom stereocenters. The third kappa shape index (κ3) is 5.48. The maximum atomic E-state index is 15.2. The maximum absolute atomic E-state index is 15.2. The Morgan fingerprint density at radius 2 is 1.53 bits per heavy atom. The van der Waals surface area contributed by atoms with Gasteiger partial charge in [0.25, 0.3) is 0 Å². The van der Waals surface area contributed by atoms with Crippen molar-refractivity contribution in [2.45, 2.75) is 46.2 Å². The lowest BCUT2D eigenvalue weighted by molar-refractivity contribution is 0.218. The molecule has 2 fully saturated rings. The summed E-state index contributed by atoms with van der Waals surface area (Å²) in [6, 6.07) is 14.3. The van der Waals surface area contributed by atoms with Gasteiger partial charge in [0.05, 0.1) is 6.67 Å². The molecule has 2 aromatic carbocycles. The molecule has 0 unspecified atom stereocenters. The molecule has 4 heteroatoms. The van der Waals surface area contributed by atoms with E-state index >= 15 is 4.39 Å². The summed E-state index contributed by atoms with van der Waals surface area (Å²) < 4.78 is 15.2. The van der Waals surface area contributed by atoms with Crippen molar-refractivity contribution >= 4 is 0 Å². The summed E-state index contributed by atoms with van der Waals surface area (Å²) in [7, 11) is 0. The molecule has 0 radical (unpaired) electrons. The van der Waals surface area contributed by atoms with Crippen LogP contribution in [-0.4, -0.2) is 54.1 Å². The van der Waals surface area contributed by atoms with Crippen LogP contribution in [0.5, 0.6) is 0 Å². The van der Waals surface area contributed by atoms with Gasteiger partial charge in [0.2, 0.25) is 0 Å². The summed E-state index contributed by atoms with van der Waals surface area (Å²) in [5, 5.41) is 0.